The highest BCUT2D eigenvalue weighted by Gasteiger charge is 2.22. The first-order chi connectivity index (χ1) is 18.7. The molecule has 0 unspecified atom stereocenters. The highest BCUT2D eigenvalue weighted by molar-refractivity contribution is 7.92. The number of nitrogens with one attached hydrogen (secondary N) is 1. The van der Waals surface area contributed by atoms with E-state index in [1.807, 2.05) is 55.5 Å². The van der Waals surface area contributed by atoms with Crippen LogP contribution in [0.15, 0.2) is 90.0 Å². The van der Waals surface area contributed by atoms with Gasteiger partial charge in [-0.25, -0.2) is 13.8 Å². The molecule has 4 aromatic carbocycles. The molecular weight excluding hydrogens is 538 g/mol. The number of hydrazone groups is 1. The number of fused-ring (bicyclic) bond motifs is 1. The van der Waals surface area contributed by atoms with Crippen molar-refractivity contribution in [3.63, 3.8) is 0 Å². The molecule has 39 heavy (non-hydrogen) atoms. The van der Waals surface area contributed by atoms with Crippen molar-refractivity contribution in [3.05, 3.63) is 101 Å². The molecule has 0 aliphatic heterocycles. The standard InChI is InChI=1S/C29H28ClN3O5S/c1-3-37-28-17-21(14-15-27(28)38-20-22-8-6-11-24(30)16-22)18-31-32-29(34)19-33(39(2,35)36)26-13-7-10-23-9-4-5-12-25(23)26/h4-18H,3,19-20H2,1-2H3,(H,32,34)/b31-18+. The summed E-state index contributed by atoms with van der Waals surface area (Å²) in [6, 6.07) is 25.4. The van der Waals surface area contributed by atoms with Crippen molar-refractivity contribution < 1.29 is 22.7 Å². The summed E-state index contributed by atoms with van der Waals surface area (Å²) in [7, 11) is -3.74. The molecule has 4 aromatic rings. The molecule has 0 aliphatic carbocycles. The Morgan fingerprint density at radius 1 is 0.974 bits per heavy atom. The van der Waals surface area contributed by atoms with Gasteiger partial charge in [0.25, 0.3) is 5.91 Å². The fourth-order valence-electron chi connectivity index (χ4n) is 3.93. The highest BCUT2D eigenvalue weighted by Crippen LogP contribution is 2.30. The van der Waals surface area contributed by atoms with E-state index in [-0.39, 0.29) is 0 Å². The maximum atomic E-state index is 12.7. The average Bonchev–Trinajstić information content (AvgIpc) is 2.91. The molecule has 1 amide bonds. The Morgan fingerprint density at radius 3 is 2.51 bits per heavy atom. The molecule has 0 aromatic heterocycles. The van der Waals surface area contributed by atoms with Crippen LogP contribution >= 0.6 is 11.6 Å². The summed E-state index contributed by atoms with van der Waals surface area (Å²) in [6.45, 7) is 2.19. The maximum Gasteiger partial charge on any atom is 0.260 e. The molecule has 4 rings (SSSR count). The van der Waals surface area contributed by atoms with Crippen molar-refractivity contribution in [2.45, 2.75) is 13.5 Å². The van der Waals surface area contributed by atoms with Crippen LogP contribution in [0.5, 0.6) is 11.5 Å². The summed E-state index contributed by atoms with van der Waals surface area (Å²) in [5.41, 5.74) is 4.41. The van der Waals surface area contributed by atoms with Crippen LogP contribution in [-0.4, -0.2) is 39.9 Å². The van der Waals surface area contributed by atoms with Crippen LogP contribution < -0.4 is 19.2 Å². The topological polar surface area (TPSA) is 97.3 Å². The molecule has 0 saturated heterocycles. The number of amides is 1. The average molecular weight is 566 g/mol. The molecule has 0 atom stereocenters. The number of hydrogen-bond acceptors (Lipinski definition) is 6. The zero-order valence-electron chi connectivity index (χ0n) is 21.5. The second kappa shape index (κ2) is 12.6. The molecule has 10 heteroatoms. The van der Waals surface area contributed by atoms with Gasteiger partial charge in [-0.2, -0.15) is 5.10 Å². The molecule has 0 aliphatic rings. The molecule has 0 heterocycles. The largest absolute Gasteiger partial charge is 0.490 e. The quantitative estimate of drug-likeness (QED) is 0.194. The first-order valence-electron chi connectivity index (χ1n) is 12.2. The van der Waals surface area contributed by atoms with Gasteiger partial charge in [0.2, 0.25) is 10.0 Å². The molecular formula is C29H28ClN3O5S. The summed E-state index contributed by atoms with van der Waals surface area (Å²) in [6.07, 6.45) is 2.51. The van der Waals surface area contributed by atoms with E-state index in [0.29, 0.717) is 41.0 Å². The highest BCUT2D eigenvalue weighted by atomic mass is 35.5. The normalized spacial score (nSPS) is 11.5. The van der Waals surface area contributed by atoms with Crippen LogP contribution in [0.2, 0.25) is 5.02 Å². The van der Waals surface area contributed by atoms with Crippen molar-refractivity contribution in [3.8, 4) is 11.5 Å². The monoisotopic (exact) mass is 565 g/mol. The van der Waals surface area contributed by atoms with Gasteiger partial charge < -0.3 is 9.47 Å². The van der Waals surface area contributed by atoms with Gasteiger partial charge in [0.05, 0.1) is 24.8 Å². The van der Waals surface area contributed by atoms with E-state index in [9.17, 15) is 13.2 Å². The van der Waals surface area contributed by atoms with E-state index < -0.39 is 22.5 Å². The van der Waals surface area contributed by atoms with Gasteiger partial charge in [-0.05, 0) is 59.8 Å². The van der Waals surface area contributed by atoms with Gasteiger partial charge in [0.15, 0.2) is 11.5 Å². The number of ether oxygens (including phenoxy) is 2. The first kappa shape index (κ1) is 27.9. The molecule has 1 N–H and O–H groups in total. The summed E-state index contributed by atoms with van der Waals surface area (Å²) in [5, 5.41) is 6.23. The summed E-state index contributed by atoms with van der Waals surface area (Å²) < 4.78 is 37.8. The van der Waals surface area contributed by atoms with Crippen molar-refractivity contribution in [1.82, 2.24) is 5.43 Å². The number of halogens is 1. The van der Waals surface area contributed by atoms with E-state index in [0.717, 1.165) is 26.9 Å². The first-order valence-corrected chi connectivity index (χ1v) is 14.4. The van der Waals surface area contributed by atoms with Crippen LogP contribution in [0.1, 0.15) is 18.1 Å². The van der Waals surface area contributed by atoms with Crippen molar-refractivity contribution in [2.24, 2.45) is 5.10 Å². The van der Waals surface area contributed by atoms with Crippen LogP contribution in [0, 0.1) is 0 Å². The Morgan fingerprint density at radius 2 is 1.74 bits per heavy atom. The predicted octanol–water partition coefficient (Wildman–Crippen LogP) is 5.39. The van der Waals surface area contributed by atoms with E-state index >= 15 is 0 Å². The van der Waals surface area contributed by atoms with Gasteiger partial charge in [-0.15, -0.1) is 0 Å². The number of carbonyl (C=O) groups excluding carboxylic acids is 1. The fraction of sp³-hybridized carbons (Fsp3) is 0.172. The van der Waals surface area contributed by atoms with E-state index in [1.54, 1.807) is 36.4 Å². The zero-order chi connectivity index (χ0) is 27.8. The second-order valence-electron chi connectivity index (χ2n) is 8.62. The van der Waals surface area contributed by atoms with Crippen LogP contribution in [-0.2, 0) is 21.4 Å². The third-order valence-electron chi connectivity index (χ3n) is 5.68. The van der Waals surface area contributed by atoms with Crippen LogP contribution in [0.3, 0.4) is 0 Å². The molecule has 0 fully saturated rings. The van der Waals surface area contributed by atoms with Gasteiger partial charge in [-0.1, -0.05) is 60.1 Å². The van der Waals surface area contributed by atoms with E-state index in [2.05, 4.69) is 10.5 Å². The lowest BCUT2D eigenvalue weighted by Crippen LogP contribution is -2.39. The Bertz CT molecular complexity index is 1600. The number of rotatable bonds is 11. The Kier molecular flexibility index (Phi) is 9.06. The summed E-state index contributed by atoms with van der Waals surface area (Å²) in [4.78, 5) is 12.7. The van der Waals surface area contributed by atoms with Gasteiger partial charge >= 0.3 is 0 Å². The van der Waals surface area contributed by atoms with Gasteiger partial charge in [-0.3, -0.25) is 9.10 Å². The van der Waals surface area contributed by atoms with Crippen molar-refractivity contribution >= 4 is 50.2 Å². The minimum Gasteiger partial charge on any atom is -0.490 e. The van der Waals surface area contributed by atoms with Crippen LogP contribution in [0.4, 0.5) is 5.69 Å². The van der Waals surface area contributed by atoms with Gasteiger partial charge in [0, 0.05) is 10.4 Å². The zero-order valence-corrected chi connectivity index (χ0v) is 23.1. The lowest BCUT2D eigenvalue weighted by Gasteiger charge is -2.23. The predicted molar refractivity (Wildman–Crippen MR) is 155 cm³/mol. The second-order valence-corrected chi connectivity index (χ2v) is 11.0. The molecule has 0 saturated carbocycles. The number of nitrogens with zero attached hydrogens (tertiary/aromatic N) is 2. The SMILES string of the molecule is CCOc1cc(/C=N/NC(=O)CN(c2cccc3ccccc23)S(C)(=O)=O)ccc1OCc1cccc(Cl)c1. The third kappa shape index (κ3) is 7.49. The van der Waals surface area contributed by atoms with Crippen molar-refractivity contribution in [1.29, 1.82) is 0 Å². The number of carbonyl (C=O) groups is 1. The number of sulfonamides is 1. The van der Waals surface area contributed by atoms with Crippen molar-refractivity contribution in [2.75, 3.05) is 23.7 Å². The van der Waals surface area contributed by atoms with E-state index in [1.165, 1.54) is 6.21 Å². The third-order valence-corrected chi connectivity index (χ3v) is 7.04. The number of benzene rings is 4. The lowest BCUT2D eigenvalue weighted by molar-refractivity contribution is -0.119. The minimum absolute atomic E-state index is 0.317. The fourth-order valence-corrected chi connectivity index (χ4v) is 5.01. The Hall–Kier alpha value is -4.08. The minimum atomic E-state index is -3.74. The maximum absolute atomic E-state index is 12.7. The summed E-state index contributed by atoms with van der Waals surface area (Å²) in [5.74, 6) is 0.488. The summed E-state index contributed by atoms with van der Waals surface area (Å²) >= 11 is 6.05. The van der Waals surface area contributed by atoms with Crippen LogP contribution in [0.25, 0.3) is 10.8 Å². The molecule has 0 radical (unpaired) electrons. The molecule has 202 valence electrons. The Balaban J connectivity index is 1.44. The molecule has 8 nitrogen and oxygen atoms in total. The Labute approximate surface area is 232 Å². The van der Waals surface area contributed by atoms with E-state index in [4.69, 9.17) is 21.1 Å². The molecule has 0 spiro atoms. The van der Waals surface area contributed by atoms with Gasteiger partial charge in [0.1, 0.15) is 13.2 Å². The molecule has 0 bridgehead atoms. The smallest absolute Gasteiger partial charge is 0.260 e. The number of hydrogen-bond donors (Lipinski definition) is 1. The number of anilines is 1. The lowest BCUT2D eigenvalue weighted by atomic mass is 10.1.